The Labute approximate surface area is 168 Å². The van der Waals surface area contributed by atoms with E-state index in [1.165, 1.54) is 0 Å². The lowest BCUT2D eigenvalue weighted by molar-refractivity contribution is 0.0174. The Balaban J connectivity index is 2.29. The van der Waals surface area contributed by atoms with Crippen molar-refractivity contribution in [2.75, 3.05) is 18.1 Å². The molecule has 2 aromatic rings. The molecule has 5 heteroatoms. The van der Waals surface area contributed by atoms with Gasteiger partial charge in [-0.05, 0) is 42.2 Å². The first-order chi connectivity index (χ1) is 13.4. The van der Waals surface area contributed by atoms with Crippen molar-refractivity contribution < 1.29 is 13.5 Å². The van der Waals surface area contributed by atoms with Crippen LogP contribution in [0.15, 0.2) is 53.4 Å². The monoisotopic (exact) mass is 401 g/mol. The number of aliphatic hydroxyl groups excluding tert-OH is 1. The lowest BCUT2D eigenvalue weighted by atomic mass is 9.69. The molecule has 3 atom stereocenters. The highest BCUT2D eigenvalue weighted by atomic mass is 32.2. The zero-order valence-electron chi connectivity index (χ0n) is 17.0. The zero-order valence-corrected chi connectivity index (χ0v) is 17.8. The number of hydrogen-bond donors (Lipinski definition) is 2. The molecule has 4 nitrogen and oxygen atoms in total. The number of benzene rings is 2. The molecule has 0 unspecified atom stereocenters. The van der Waals surface area contributed by atoms with E-state index in [-0.39, 0.29) is 11.7 Å². The minimum atomic E-state index is -3.52. The summed E-state index contributed by atoms with van der Waals surface area (Å²) in [6, 6.07) is 15.2. The third-order valence-corrected chi connectivity index (χ3v) is 8.28. The Bertz CT molecular complexity index is 911. The van der Waals surface area contributed by atoms with Crippen LogP contribution in [0.1, 0.15) is 56.6 Å². The minimum absolute atomic E-state index is 0.00704. The fraction of sp³-hybridized carbons (Fsp3) is 0.478. The van der Waals surface area contributed by atoms with E-state index < -0.39 is 21.4 Å². The molecule has 152 valence electrons. The largest absolute Gasteiger partial charge is 0.392 e. The van der Waals surface area contributed by atoms with E-state index in [1.807, 2.05) is 50.4 Å². The molecule has 28 heavy (non-hydrogen) atoms. The van der Waals surface area contributed by atoms with Gasteiger partial charge < -0.3 is 10.4 Å². The third kappa shape index (κ3) is 3.70. The maximum atomic E-state index is 13.4. The molecule has 3 rings (SSSR count). The molecule has 1 heterocycles. The second-order valence-electron chi connectivity index (χ2n) is 7.91. The van der Waals surface area contributed by atoms with E-state index in [4.69, 9.17) is 0 Å². The highest BCUT2D eigenvalue weighted by molar-refractivity contribution is 7.91. The number of rotatable bonds is 6. The topological polar surface area (TPSA) is 66.4 Å². The molecular formula is C23H31NO3S. The van der Waals surface area contributed by atoms with E-state index in [9.17, 15) is 13.5 Å². The van der Waals surface area contributed by atoms with Gasteiger partial charge in [0.05, 0.1) is 16.8 Å². The van der Waals surface area contributed by atoms with Crippen LogP contribution in [-0.4, -0.2) is 32.4 Å². The maximum absolute atomic E-state index is 13.4. The molecule has 0 fully saturated rings. The number of aliphatic hydroxyl groups is 1. The van der Waals surface area contributed by atoms with Gasteiger partial charge in [0.1, 0.15) is 0 Å². The van der Waals surface area contributed by atoms with Gasteiger partial charge in [-0.25, -0.2) is 8.42 Å². The summed E-state index contributed by atoms with van der Waals surface area (Å²) < 4.78 is 26.8. The zero-order chi connectivity index (χ0) is 20.4. The van der Waals surface area contributed by atoms with E-state index in [0.29, 0.717) is 23.3 Å². The van der Waals surface area contributed by atoms with Crippen LogP contribution in [0.5, 0.6) is 0 Å². The number of sulfone groups is 1. The standard InChI is InChI=1S/C23H31NO3S/c1-4-6-14-23(5-2)16-28(26,27)20-13-12-18(24-3)15-19(20)21(22(23)25)17-10-8-7-9-11-17/h7-13,15,21-22,24-25H,4-6,14,16H2,1-3H3/t21-,22-,23-/m1/s1. The first-order valence-electron chi connectivity index (χ1n) is 10.2. The van der Waals surface area contributed by atoms with E-state index >= 15 is 0 Å². The highest BCUT2D eigenvalue weighted by Gasteiger charge is 2.48. The predicted molar refractivity (Wildman–Crippen MR) is 115 cm³/mol. The van der Waals surface area contributed by atoms with Gasteiger partial charge in [0.15, 0.2) is 9.84 Å². The van der Waals surface area contributed by atoms with Crippen molar-refractivity contribution in [3.8, 4) is 0 Å². The average Bonchev–Trinajstić information content (AvgIpc) is 2.78. The Morgan fingerprint density at radius 2 is 1.86 bits per heavy atom. The van der Waals surface area contributed by atoms with Crippen LogP contribution in [0.3, 0.4) is 0 Å². The molecular weight excluding hydrogens is 370 g/mol. The van der Waals surface area contributed by atoms with Gasteiger partial charge in [0.25, 0.3) is 0 Å². The molecule has 0 aromatic heterocycles. The van der Waals surface area contributed by atoms with Gasteiger partial charge in [-0.2, -0.15) is 0 Å². The molecule has 0 saturated carbocycles. The summed E-state index contributed by atoms with van der Waals surface area (Å²) in [5, 5.41) is 14.8. The fourth-order valence-electron chi connectivity index (χ4n) is 4.55. The first-order valence-corrected chi connectivity index (χ1v) is 11.8. The third-order valence-electron chi connectivity index (χ3n) is 6.28. The molecule has 0 spiro atoms. The average molecular weight is 402 g/mol. The Morgan fingerprint density at radius 1 is 1.14 bits per heavy atom. The van der Waals surface area contributed by atoms with Gasteiger partial charge >= 0.3 is 0 Å². The normalized spacial score (nSPS) is 26.3. The van der Waals surface area contributed by atoms with Crippen molar-refractivity contribution in [1.29, 1.82) is 0 Å². The van der Waals surface area contributed by atoms with Crippen molar-refractivity contribution in [3.63, 3.8) is 0 Å². The first kappa shape index (κ1) is 20.9. The van der Waals surface area contributed by atoms with Crippen molar-refractivity contribution in [1.82, 2.24) is 0 Å². The van der Waals surface area contributed by atoms with Crippen LogP contribution >= 0.6 is 0 Å². The molecule has 2 N–H and O–H groups in total. The van der Waals surface area contributed by atoms with Crippen molar-refractivity contribution in [2.24, 2.45) is 5.41 Å². The lowest BCUT2D eigenvalue weighted by Crippen LogP contribution is -2.42. The molecule has 0 aliphatic carbocycles. The summed E-state index contributed by atoms with van der Waals surface area (Å²) in [4.78, 5) is 0.353. The van der Waals surface area contributed by atoms with Crippen molar-refractivity contribution >= 4 is 15.5 Å². The van der Waals surface area contributed by atoms with Crippen LogP contribution in [0.4, 0.5) is 5.69 Å². The second kappa shape index (κ2) is 8.26. The predicted octanol–water partition coefficient (Wildman–Crippen LogP) is 4.60. The van der Waals surface area contributed by atoms with Crippen LogP contribution in [-0.2, 0) is 9.84 Å². The molecule has 0 bridgehead atoms. The number of hydrogen-bond acceptors (Lipinski definition) is 4. The van der Waals surface area contributed by atoms with Gasteiger partial charge in [-0.3, -0.25) is 0 Å². The van der Waals surface area contributed by atoms with E-state index in [0.717, 1.165) is 24.1 Å². The summed E-state index contributed by atoms with van der Waals surface area (Å²) in [7, 11) is -1.70. The summed E-state index contributed by atoms with van der Waals surface area (Å²) in [6.07, 6.45) is 2.44. The van der Waals surface area contributed by atoms with Crippen LogP contribution in [0.25, 0.3) is 0 Å². The van der Waals surface area contributed by atoms with Gasteiger partial charge in [-0.15, -0.1) is 0 Å². The van der Waals surface area contributed by atoms with Gasteiger partial charge in [-0.1, -0.05) is 57.0 Å². The van der Waals surface area contributed by atoms with Crippen LogP contribution in [0.2, 0.25) is 0 Å². The highest BCUT2D eigenvalue weighted by Crippen LogP contribution is 2.49. The minimum Gasteiger partial charge on any atom is -0.392 e. The van der Waals surface area contributed by atoms with Crippen molar-refractivity contribution in [3.05, 3.63) is 59.7 Å². The quantitative estimate of drug-likeness (QED) is 0.743. The Morgan fingerprint density at radius 3 is 2.46 bits per heavy atom. The van der Waals surface area contributed by atoms with Crippen molar-refractivity contribution in [2.45, 2.75) is 56.4 Å². The Hall–Kier alpha value is -1.85. The molecule has 0 radical (unpaired) electrons. The summed E-state index contributed by atoms with van der Waals surface area (Å²) >= 11 is 0. The molecule has 0 amide bonds. The van der Waals surface area contributed by atoms with Gasteiger partial charge in [0.2, 0.25) is 0 Å². The fourth-order valence-corrected chi connectivity index (χ4v) is 6.81. The lowest BCUT2D eigenvalue weighted by Gasteiger charge is -2.39. The molecule has 2 aromatic carbocycles. The number of fused-ring (bicyclic) bond motifs is 1. The van der Waals surface area contributed by atoms with E-state index in [1.54, 1.807) is 12.1 Å². The van der Waals surface area contributed by atoms with E-state index in [2.05, 4.69) is 12.2 Å². The Kier molecular flexibility index (Phi) is 6.15. The summed E-state index contributed by atoms with van der Waals surface area (Å²) in [5.74, 6) is -0.383. The molecule has 1 aliphatic rings. The maximum Gasteiger partial charge on any atom is 0.179 e. The molecule has 0 saturated heterocycles. The smallest absolute Gasteiger partial charge is 0.179 e. The SMILES string of the molecule is CCCC[C@]1(CC)CS(=O)(=O)c2ccc(NC)cc2[C@@H](c2ccccc2)[C@H]1O. The number of nitrogens with one attached hydrogen (secondary N) is 1. The summed E-state index contributed by atoms with van der Waals surface area (Å²) in [5.41, 5.74) is 1.83. The van der Waals surface area contributed by atoms with Crippen LogP contribution in [0, 0.1) is 5.41 Å². The summed E-state index contributed by atoms with van der Waals surface area (Å²) in [6.45, 7) is 4.11. The number of unbranched alkanes of at least 4 members (excludes halogenated alkanes) is 1. The van der Waals surface area contributed by atoms with Crippen LogP contribution < -0.4 is 5.32 Å². The second-order valence-corrected chi connectivity index (χ2v) is 9.87. The number of anilines is 1. The molecule has 1 aliphatic heterocycles. The van der Waals surface area contributed by atoms with Gasteiger partial charge in [0, 0.05) is 24.1 Å².